The molecule has 2 aromatic carbocycles. The van der Waals surface area contributed by atoms with E-state index in [1.165, 1.54) is 0 Å². The van der Waals surface area contributed by atoms with Crippen LogP contribution in [0.25, 0.3) is 16.7 Å². The second-order valence-corrected chi connectivity index (χ2v) is 7.83. The fourth-order valence-electron chi connectivity index (χ4n) is 3.72. The van der Waals surface area contributed by atoms with Gasteiger partial charge in [0.15, 0.2) is 5.65 Å². The van der Waals surface area contributed by atoms with E-state index in [9.17, 15) is 5.26 Å². The molecule has 146 valence electrons. The van der Waals surface area contributed by atoms with Crippen LogP contribution < -0.4 is 5.32 Å². The van der Waals surface area contributed by atoms with Gasteiger partial charge in [-0.3, -0.25) is 4.40 Å². The highest BCUT2D eigenvalue weighted by molar-refractivity contribution is 6.31. The van der Waals surface area contributed by atoms with Crippen LogP contribution >= 0.6 is 11.6 Å². The normalized spacial score (nSPS) is 12.2. The monoisotopic (exact) mass is 402 g/mol. The molecular weight excluding hydrogens is 380 g/mol. The molecule has 0 aliphatic heterocycles. The van der Waals surface area contributed by atoms with Gasteiger partial charge in [-0.1, -0.05) is 48.9 Å². The minimum Gasteiger partial charge on any atom is -0.368 e. The van der Waals surface area contributed by atoms with E-state index in [0.717, 1.165) is 45.0 Å². The van der Waals surface area contributed by atoms with Crippen molar-refractivity contribution in [2.75, 3.05) is 5.32 Å². The number of benzene rings is 2. The van der Waals surface area contributed by atoms with Crippen molar-refractivity contribution in [3.8, 4) is 6.07 Å². The summed E-state index contributed by atoms with van der Waals surface area (Å²) in [5.41, 5.74) is 6.23. The van der Waals surface area contributed by atoms with Gasteiger partial charge in [0.25, 0.3) is 0 Å². The first-order chi connectivity index (χ1) is 14.0. The van der Waals surface area contributed by atoms with Crippen LogP contribution in [0.1, 0.15) is 42.5 Å². The quantitative estimate of drug-likeness (QED) is 0.437. The Kier molecular flexibility index (Phi) is 5.17. The van der Waals surface area contributed by atoms with Crippen molar-refractivity contribution in [1.29, 1.82) is 5.26 Å². The van der Waals surface area contributed by atoms with Gasteiger partial charge in [-0.15, -0.1) is 0 Å². The number of imidazole rings is 1. The van der Waals surface area contributed by atoms with Gasteiger partial charge in [0.05, 0.1) is 16.6 Å². The largest absolute Gasteiger partial charge is 0.368 e. The molecule has 0 saturated heterocycles. The number of rotatable bonds is 5. The van der Waals surface area contributed by atoms with Crippen LogP contribution in [0.5, 0.6) is 0 Å². The van der Waals surface area contributed by atoms with Gasteiger partial charge in [0, 0.05) is 23.0 Å². The van der Waals surface area contributed by atoms with Crippen LogP contribution in [0.15, 0.2) is 48.5 Å². The maximum absolute atomic E-state index is 9.96. The highest BCUT2D eigenvalue weighted by Crippen LogP contribution is 2.34. The van der Waals surface area contributed by atoms with Crippen LogP contribution in [0.4, 0.5) is 5.82 Å². The summed E-state index contributed by atoms with van der Waals surface area (Å²) in [5.74, 6) is 0.986. The van der Waals surface area contributed by atoms with E-state index in [-0.39, 0.29) is 6.04 Å². The third-order valence-electron chi connectivity index (χ3n) is 5.55. The molecule has 1 N–H and O–H groups in total. The third kappa shape index (κ3) is 3.32. The van der Waals surface area contributed by atoms with Crippen molar-refractivity contribution >= 4 is 34.1 Å². The van der Waals surface area contributed by atoms with Crippen molar-refractivity contribution in [2.24, 2.45) is 0 Å². The van der Waals surface area contributed by atoms with E-state index in [2.05, 4.69) is 29.6 Å². The molecule has 2 aromatic heterocycles. The Hall–Kier alpha value is -3.03. The van der Waals surface area contributed by atoms with Crippen molar-refractivity contribution in [1.82, 2.24) is 9.38 Å². The van der Waals surface area contributed by atoms with Gasteiger partial charge >= 0.3 is 0 Å². The Balaban J connectivity index is 2.08. The van der Waals surface area contributed by atoms with Crippen LogP contribution in [0.2, 0.25) is 5.02 Å². The molecule has 0 radical (unpaired) electrons. The Labute approximate surface area is 175 Å². The molecule has 0 unspecified atom stereocenters. The van der Waals surface area contributed by atoms with E-state index in [1.54, 1.807) is 0 Å². The number of para-hydroxylation sites is 2. The fourth-order valence-corrected chi connectivity index (χ4v) is 3.92. The molecule has 4 nitrogen and oxygen atoms in total. The second-order valence-electron chi connectivity index (χ2n) is 7.42. The average Bonchev–Trinajstić information content (AvgIpc) is 3.11. The predicted molar refractivity (Wildman–Crippen MR) is 120 cm³/mol. The Morgan fingerprint density at radius 3 is 2.62 bits per heavy atom. The molecule has 0 amide bonds. The zero-order chi connectivity index (χ0) is 20.5. The van der Waals surface area contributed by atoms with Crippen molar-refractivity contribution in [3.05, 3.63) is 75.8 Å². The maximum atomic E-state index is 9.96. The fraction of sp³-hybridized carbons (Fsp3) is 0.250. The SMILES string of the molecule is CC[C@H](C)Nc1c(Cc2ccccc2Cl)c(C)c(C#N)c2nc3ccccc3n12. The second kappa shape index (κ2) is 7.77. The molecule has 0 saturated carbocycles. The number of nitrogens with zero attached hydrogens (tertiary/aromatic N) is 3. The number of halogens is 1. The molecule has 4 aromatic rings. The van der Waals surface area contributed by atoms with Crippen molar-refractivity contribution < 1.29 is 0 Å². The summed E-state index contributed by atoms with van der Waals surface area (Å²) in [6.07, 6.45) is 1.63. The number of anilines is 1. The van der Waals surface area contributed by atoms with Gasteiger partial charge in [-0.2, -0.15) is 5.26 Å². The highest BCUT2D eigenvalue weighted by atomic mass is 35.5. The third-order valence-corrected chi connectivity index (χ3v) is 5.92. The lowest BCUT2D eigenvalue weighted by Crippen LogP contribution is -2.19. The minimum absolute atomic E-state index is 0.275. The molecule has 0 bridgehead atoms. The smallest absolute Gasteiger partial charge is 0.157 e. The Bertz CT molecular complexity index is 1250. The Morgan fingerprint density at radius 1 is 1.17 bits per heavy atom. The molecule has 5 heteroatoms. The molecule has 0 aliphatic carbocycles. The molecular formula is C24H23ClN4. The summed E-state index contributed by atoms with van der Waals surface area (Å²) in [5, 5.41) is 14.4. The van der Waals surface area contributed by atoms with E-state index in [0.29, 0.717) is 17.6 Å². The number of fused-ring (bicyclic) bond motifs is 3. The first-order valence-electron chi connectivity index (χ1n) is 9.87. The lowest BCUT2D eigenvalue weighted by molar-refractivity contribution is 0.754. The summed E-state index contributed by atoms with van der Waals surface area (Å²) in [6, 6.07) is 18.6. The van der Waals surface area contributed by atoms with Crippen LogP contribution in [-0.4, -0.2) is 15.4 Å². The van der Waals surface area contributed by atoms with E-state index in [4.69, 9.17) is 16.6 Å². The molecule has 0 fully saturated rings. The van der Waals surface area contributed by atoms with E-state index >= 15 is 0 Å². The first kappa shape index (κ1) is 19.3. The van der Waals surface area contributed by atoms with Gasteiger partial charge < -0.3 is 5.32 Å². The number of hydrogen-bond acceptors (Lipinski definition) is 3. The van der Waals surface area contributed by atoms with Gasteiger partial charge in [-0.25, -0.2) is 4.98 Å². The predicted octanol–water partition coefficient (Wildman–Crippen LogP) is 6.12. The molecule has 4 rings (SSSR count). The molecule has 2 heterocycles. The molecule has 29 heavy (non-hydrogen) atoms. The molecule has 1 atom stereocenters. The molecule has 0 spiro atoms. The summed E-state index contributed by atoms with van der Waals surface area (Å²) >= 11 is 6.47. The number of pyridine rings is 1. The standard InChI is InChI=1S/C24H23ClN4/c1-4-15(2)27-23-18(13-17-9-5-6-10-20(17)25)16(3)19(14-26)24-28-21-11-7-8-12-22(21)29(23)24/h5-12,15,27H,4,13H2,1-3H3/t15-/m0/s1. The number of hydrogen-bond donors (Lipinski definition) is 1. The van der Waals surface area contributed by atoms with Crippen molar-refractivity contribution in [3.63, 3.8) is 0 Å². The summed E-state index contributed by atoms with van der Waals surface area (Å²) < 4.78 is 2.10. The summed E-state index contributed by atoms with van der Waals surface area (Å²) in [4.78, 5) is 4.78. The van der Waals surface area contributed by atoms with Gasteiger partial charge in [0.2, 0.25) is 0 Å². The van der Waals surface area contributed by atoms with Crippen molar-refractivity contribution in [2.45, 2.75) is 39.7 Å². The Morgan fingerprint density at radius 2 is 1.90 bits per heavy atom. The number of nitrogens with one attached hydrogen (secondary N) is 1. The summed E-state index contributed by atoms with van der Waals surface area (Å²) in [6.45, 7) is 6.33. The zero-order valence-corrected chi connectivity index (χ0v) is 17.6. The summed E-state index contributed by atoms with van der Waals surface area (Å²) in [7, 11) is 0. The zero-order valence-electron chi connectivity index (χ0n) is 16.8. The highest BCUT2D eigenvalue weighted by Gasteiger charge is 2.22. The number of nitriles is 1. The lowest BCUT2D eigenvalue weighted by atomic mass is 9.97. The van der Waals surface area contributed by atoms with E-state index < -0.39 is 0 Å². The lowest BCUT2D eigenvalue weighted by Gasteiger charge is -2.22. The van der Waals surface area contributed by atoms with Crippen LogP contribution in [0, 0.1) is 18.3 Å². The van der Waals surface area contributed by atoms with Gasteiger partial charge in [-0.05, 0) is 49.6 Å². The average molecular weight is 403 g/mol. The topological polar surface area (TPSA) is 53.1 Å². The molecule has 0 aliphatic rings. The van der Waals surface area contributed by atoms with Gasteiger partial charge in [0.1, 0.15) is 11.9 Å². The first-order valence-corrected chi connectivity index (χ1v) is 10.3. The van der Waals surface area contributed by atoms with Crippen LogP contribution in [0.3, 0.4) is 0 Å². The number of aromatic nitrogens is 2. The minimum atomic E-state index is 0.275. The van der Waals surface area contributed by atoms with Crippen LogP contribution in [-0.2, 0) is 6.42 Å². The maximum Gasteiger partial charge on any atom is 0.157 e. The van der Waals surface area contributed by atoms with E-state index in [1.807, 2.05) is 55.5 Å².